The normalized spacial score (nSPS) is 13.0. The predicted octanol–water partition coefficient (Wildman–Crippen LogP) is 3.65. The van der Waals surface area contributed by atoms with Crippen molar-refractivity contribution in [2.45, 2.75) is 19.9 Å². The first-order valence-electron chi connectivity index (χ1n) is 6.20. The first-order chi connectivity index (χ1) is 9.74. The average Bonchev–Trinajstić information content (AvgIpc) is 2.78. The Kier molecular flexibility index (Phi) is 4.75. The van der Waals surface area contributed by atoms with Crippen molar-refractivity contribution in [3.63, 3.8) is 0 Å². The van der Waals surface area contributed by atoms with Gasteiger partial charge in [-0.1, -0.05) is 11.6 Å². The monoisotopic (exact) mass is 345 g/mol. The number of thiazole rings is 1. The molecule has 0 saturated heterocycles. The zero-order chi connectivity index (χ0) is 15.6. The number of hydrogen-bond acceptors (Lipinski definition) is 5. The Balaban J connectivity index is 2.21. The van der Waals surface area contributed by atoms with E-state index >= 15 is 0 Å². The highest BCUT2D eigenvalue weighted by Crippen LogP contribution is 2.29. The van der Waals surface area contributed by atoms with E-state index in [-0.39, 0.29) is 6.04 Å². The van der Waals surface area contributed by atoms with Crippen LogP contribution in [0.1, 0.15) is 23.7 Å². The largest absolute Gasteiger partial charge is 0.376 e. The summed E-state index contributed by atoms with van der Waals surface area (Å²) in [6.45, 7) is 3.92. The van der Waals surface area contributed by atoms with Crippen LogP contribution in [-0.4, -0.2) is 19.7 Å². The Hall–Kier alpha value is -1.31. The lowest BCUT2D eigenvalue weighted by Crippen LogP contribution is -2.11. The van der Waals surface area contributed by atoms with E-state index in [2.05, 4.69) is 15.0 Å². The first-order valence-corrected chi connectivity index (χ1v) is 9.35. The highest BCUT2D eigenvalue weighted by atomic mass is 35.5. The molecule has 0 aliphatic carbocycles. The van der Waals surface area contributed by atoms with Crippen LogP contribution in [0.2, 0.25) is 5.02 Å². The van der Waals surface area contributed by atoms with Crippen LogP contribution in [0, 0.1) is 6.92 Å². The summed E-state index contributed by atoms with van der Waals surface area (Å²) in [5.74, 6) is 0. The molecule has 2 aromatic rings. The molecular formula is C13H16ClN3O2S2. The van der Waals surface area contributed by atoms with E-state index in [1.165, 1.54) is 0 Å². The van der Waals surface area contributed by atoms with Crippen LogP contribution in [0.5, 0.6) is 0 Å². The SMILES string of the molecule is Cc1nc(C(C)Nc2cc(NS(C)(=O)=O)ccc2Cl)cs1. The molecule has 114 valence electrons. The molecule has 1 atom stereocenters. The summed E-state index contributed by atoms with van der Waals surface area (Å²) in [7, 11) is -3.32. The molecule has 0 bridgehead atoms. The maximum Gasteiger partial charge on any atom is 0.229 e. The molecule has 0 amide bonds. The minimum absolute atomic E-state index is 0.0269. The third-order valence-corrected chi connectivity index (χ3v) is 4.45. The standard InChI is InChI=1S/C13H16ClN3O2S2/c1-8(13-7-20-9(2)16-13)15-12-6-10(4-5-11(12)14)17-21(3,18)19/h4-8,15,17H,1-3H3. The lowest BCUT2D eigenvalue weighted by molar-refractivity contribution is 0.607. The molecule has 1 heterocycles. The zero-order valence-electron chi connectivity index (χ0n) is 11.8. The fraction of sp³-hybridized carbons (Fsp3) is 0.308. The van der Waals surface area contributed by atoms with Crippen LogP contribution in [0.4, 0.5) is 11.4 Å². The number of rotatable bonds is 5. The average molecular weight is 346 g/mol. The summed E-state index contributed by atoms with van der Waals surface area (Å²) in [5, 5.41) is 6.75. The van der Waals surface area contributed by atoms with Gasteiger partial charge in [-0.15, -0.1) is 11.3 Å². The maximum absolute atomic E-state index is 11.3. The molecule has 8 heteroatoms. The van der Waals surface area contributed by atoms with Gasteiger partial charge in [-0.2, -0.15) is 0 Å². The van der Waals surface area contributed by atoms with Crippen molar-refractivity contribution in [1.29, 1.82) is 0 Å². The number of halogens is 1. The first kappa shape index (κ1) is 16.1. The molecule has 1 aromatic carbocycles. The second-order valence-electron chi connectivity index (χ2n) is 4.73. The molecule has 0 spiro atoms. The number of aryl methyl sites for hydroxylation is 1. The molecule has 0 aliphatic rings. The minimum atomic E-state index is -3.32. The second kappa shape index (κ2) is 6.21. The summed E-state index contributed by atoms with van der Waals surface area (Å²) in [6.07, 6.45) is 1.11. The Morgan fingerprint density at radius 1 is 1.38 bits per heavy atom. The van der Waals surface area contributed by atoms with Crippen molar-refractivity contribution in [2.75, 3.05) is 16.3 Å². The van der Waals surface area contributed by atoms with E-state index < -0.39 is 10.0 Å². The minimum Gasteiger partial charge on any atom is -0.376 e. The smallest absolute Gasteiger partial charge is 0.229 e. The van der Waals surface area contributed by atoms with Gasteiger partial charge in [-0.25, -0.2) is 13.4 Å². The van der Waals surface area contributed by atoms with E-state index in [1.807, 2.05) is 19.2 Å². The maximum atomic E-state index is 11.3. The van der Waals surface area contributed by atoms with Crippen molar-refractivity contribution >= 4 is 44.3 Å². The van der Waals surface area contributed by atoms with Crippen LogP contribution in [0.15, 0.2) is 23.6 Å². The Morgan fingerprint density at radius 3 is 2.67 bits per heavy atom. The van der Waals surface area contributed by atoms with Crippen molar-refractivity contribution in [2.24, 2.45) is 0 Å². The quantitative estimate of drug-likeness (QED) is 0.867. The number of sulfonamides is 1. The van der Waals surface area contributed by atoms with Gasteiger partial charge in [0.2, 0.25) is 10.0 Å². The van der Waals surface area contributed by atoms with Gasteiger partial charge in [0.1, 0.15) is 0 Å². The van der Waals surface area contributed by atoms with E-state index in [0.717, 1.165) is 17.0 Å². The Bertz CT molecular complexity index is 744. The van der Waals surface area contributed by atoms with Crippen LogP contribution >= 0.6 is 22.9 Å². The zero-order valence-corrected chi connectivity index (χ0v) is 14.2. The van der Waals surface area contributed by atoms with Crippen molar-refractivity contribution in [3.8, 4) is 0 Å². The molecule has 0 saturated carbocycles. The molecule has 2 rings (SSSR count). The van der Waals surface area contributed by atoms with Gasteiger partial charge in [-0.3, -0.25) is 4.72 Å². The highest BCUT2D eigenvalue weighted by Gasteiger charge is 2.12. The molecule has 0 fully saturated rings. The molecular weight excluding hydrogens is 330 g/mol. The van der Waals surface area contributed by atoms with Crippen molar-refractivity contribution in [3.05, 3.63) is 39.3 Å². The van der Waals surface area contributed by atoms with Gasteiger partial charge in [0.25, 0.3) is 0 Å². The van der Waals surface area contributed by atoms with E-state index in [1.54, 1.807) is 29.5 Å². The Morgan fingerprint density at radius 2 is 2.10 bits per heavy atom. The van der Waals surface area contributed by atoms with Crippen LogP contribution in [0.3, 0.4) is 0 Å². The fourth-order valence-electron chi connectivity index (χ4n) is 1.80. The fourth-order valence-corrected chi connectivity index (χ4v) is 3.23. The summed E-state index contributed by atoms with van der Waals surface area (Å²) < 4.78 is 25.0. The number of nitrogens with one attached hydrogen (secondary N) is 2. The third-order valence-electron chi connectivity index (χ3n) is 2.72. The number of aromatic nitrogens is 1. The summed E-state index contributed by atoms with van der Waals surface area (Å²) in [5.41, 5.74) is 2.05. The molecule has 21 heavy (non-hydrogen) atoms. The van der Waals surface area contributed by atoms with Gasteiger partial charge in [-0.05, 0) is 32.0 Å². The number of nitrogens with zero attached hydrogens (tertiary/aromatic N) is 1. The molecule has 1 unspecified atom stereocenters. The van der Waals surface area contributed by atoms with Crippen LogP contribution in [0.25, 0.3) is 0 Å². The Labute approximate surface area is 133 Å². The number of benzene rings is 1. The van der Waals surface area contributed by atoms with E-state index in [0.29, 0.717) is 16.4 Å². The topological polar surface area (TPSA) is 71.1 Å². The number of hydrogen-bond donors (Lipinski definition) is 2. The summed E-state index contributed by atoms with van der Waals surface area (Å²) in [6, 6.07) is 4.91. The van der Waals surface area contributed by atoms with E-state index in [4.69, 9.17) is 11.6 Å². The highest BCUT2D eigenvalue weighted by molar-refractivity contribution is 7.92. The van der Waals surface area contributed by atoms with Gasteiger partial charge in [0, 0.05) is 5.38 Å². The summed E-state index contributed by atoms with van der Waals surface area (Å²) >= 11 is 7.73. The molecule has 5 nitrogen and oxygen atoms in total. The van der Waals surface area contributed by atoms with Crippen LogP contribution < -0.4 is 10.0 Å². The predicted molar refractivity (Wildman–Crippen MR) is 88.8 cm³/mol. The van der Waals surface area contributed by atoms with Gasteiger partial charge < -0.3 is 5.32 Å². The third kappa shape index (κ3) is 4.59. The molecule has 1 aromatic heterocycles. The number of anilines is 2. The molecule has 0 radical (unpaired) electrons. The lowest BCUT2D eigenvalue weighted by Gasteiger charge is -2.16. The van der Waals surface area contributed by atoms with Crippen LogP contribution in [-0.2, 0) is 10.0 Å². The molecule has 0 aliphatic heterocycles. The molecule has 2 N–H and O–H groups in total. The summed E-state index contributed by atoms with van der Waals surface area (Å²) in [4.78, 5) is 4.42. The van der Waals surface area contributed by atoms with Gasteiger partial charge >= 0.3 is 0 Å². The van der Waals surface area contributed by atoms with Gasteiger partial charge in [0.15, 0.2) is 0 Å². The van der Waals surface area contributed by atoms with Gasteiger partial charge in [0.05, 0.1) is 39.4 Å². The lowest BCUT2D eigenvalue weighted by atomic mass is 10.2. The van der Waals surface area contributed by atoms with E-state index in [9.17, 15) is 8.42 Å². The van der Waals surface area contributed by atoms with Crippen molar-refractivity contribution in [1.82, 2.24) is 4.98 Å². The van der Waals surface area contributed by atoms with Crippen molar-refractivity contribution < 1.29 is 8.42 Å². The second-order valence-corrected chi connectivity index (χ2v) is 7.94.